The number of Topliss-reactive ketones (excluding diaryl/α,β-unsaturated/α-hetero) is 1. The van der Waals surface area contributed by atoms with Crippen LogP contribution >= 0.6 is 0 Å². The summed E-state index contributed by atoms with van der Waals surface area (Å²) < 4.78 is 12.4. The lowest BCUT2D eigenvalue weighted by Crippen LogP contribution is -2.48. The maximum Gasteiger partial charge on any atom is 0.303 e. The minimum Gasteiger partial charge on any atom is -0.481 e. The summed E-state index contributed by atoms with van der Waals surface area (Å²) in [7, 11) is 0. The van der Waals surface area contributed by atoms with E-state index in [9.17, 15) is 14.7 Å². The van der Waals surface area contributed by atoms with Crippen molar-refractivity contribution in [2.75, 3.05) is 6.61 Å². The summed E-state index contributed by atoms with van der Waals surface area (Å²) in [6, 6.07) is 0. The summed E-state index contributed by atoms with van der Waals surface area (Å²) in [5.41, 5.74) is 0.171. The standard InChI is InChI=1S/C31H52O5/c1-5-24-21(3)19-23(36-28-11-6-7-18-35-28)10-8-9-22-16-17-31(4)25(20(2)12-15-27(32)33)13-14-26(31)29(22)30(24)34/h20-26,28-29H,5-19H2,1-4H3,(H,32,33)/t20-,21?,22?,23-,24-,25?,26?,28?,29?,31-/m1/s1. The molecule has 6 unspecified atom stereocenters. The van der Waals surface area contributed by atoms with Crippen LogP contribution in [0.25, 0.3) is 0 Å². The molecule has 10 atom stereocenters. The summed E-state index contributed by atoms with van der Waals surface area (Å²) in [6.45, 7) is 10.0. The topological polar surface area (TPSA) is 72.8 Å². The second-order valence-corrected chi connectivity index (χ2v) is 13.1. The van der Waals surface area contributed by atoms with Crippen LogP contribution in [0.15, 0.2) is 0 Å². The number of ether oxygens (including phenoxy) is 2. The van der Waals surface area contributed by atoms with Crippen molar-refractivity contribution in [3.63, 3.8) is 0 Å². The molecule has 0 aromatic carbocycles. The van der Waals surface area contributed by atoms with Crippen molar-refractivity contribution in [3.8, 4) is 0 Å². The van der Waals surface area contributed by atoms with Crippen molar-refractivity contribution in [1.82, 2.24) is 0 Å². The van der Waals surface area contributed by atoms with Gasteiger partial charge in [0.25, 0.3) is 0 Å². The Morgan fingerprint density at radius 2 is 1.94 bits per heavy atom. The molecule has 1 N–H and O–H groups in total. The Hall–Kier alpha value is -0.940. The van der Waals surface area contributed by atoms with Crippen LogP contribution in [0.5, 0.6) is 0 Å². The molecule has 4 fully saturated rings. The number of hydrogen-bond donors (Lipinski definition) is 1. The van der Waals surface area contributed by atoms with Gasteiger partial charge < -0.3 is 14.6 Å². The van der Waals surface area contributed by atoms with Gasteiger partial charge in [0.2, 0.25) is 0 Å². The monoisotopic (exact) mass is 504 g/mol. The van der Waals surface area contributed by atoms with Gasteiger partial charge in [-0.2, -0.15) is 0 Å². The third kappa shape index (κ3) is 6.03. The van der Waals surface area contributed by atoms with E-state index in [0.29, 0.717) is 35.4 Å². The Bertz CT molecular complexity index is 745. The molecule has 3 aliphatic carbocycles. The van der Waals surface area contributed by atoms with Crippen LogP contribution < -0.4 is 0 Å². The van der Waals surface area contributed by atoms with Gasteiger partial charge in [0.15, 0.2) is 6.29 Å². The smallest absolute Gasteiger partial charge is 0.303 e. The Kier molecular flexibility index (Phi) is 9.58. The molecule has 1 aliphatic heterocycles. The highest BCUT2D eigenvalue weighted by atomic mass is 16.7. The molecule has 1 heterocycles. The highest BCUT2D eigenvalue weighted by Gasteiger charge is 2.57. The third-order valence-electron chi connectivity index (χ3n) is 11.0. The quantitative estimate of drug-likeness (QED) is 0.395. The molecule has 4 rings (SSSR count). The van der Waals surface area contributed by atoms with Crippen molar-refractivity contribution in [2.24, 2.45) is 46.8 Å². The highest BCUT2D eigenvalue weighted by Crippen LogP contribution is 2.62. The second-order valence-electron chi connectivity index (χ2n) is 13.1. The SMILES string of the molecule is CC[C@H]1C(=O)C2C(CCC[C@@H](OC3CCCCO3)CC1C)CC[C@@]1(C)C2CCC1[C@H](C)CCC(=O)O. The Balaban J connectivity index is 1.50. The fourth-order valence-electron chi connectivity index (χ4n) is 9.09. The summed E-state index contributed by atoms with van der Waals surface area (Å²) in [5.74, 6) is 2.38. The van der Waals surface area contributed by atoms with Gasteiger partial charge in [-0.15, -0.1) is 0 Å². The van der Waals surface area contributed by atoms with Crippen LogP contribution in [-0.2, 0) is 19.1 Å². The highest BCUT2D eigenvalue weighted by molar-refractivity contribution is 5.84. The molecular weight excluding hydrogens is 452 g/mol. The average Bonchev–Trinajstić information content (AvgIpc) is 3.20. The second kappa shape index (κ2) is 12.3. The molecule has 0 aromatic rings. The fraction of sp³-hybridized carbons (Fsp3) is 0.935. The van der Waals surface area contributed by atoms with Gasteiger partial charge in [0.05, 0.1) is 6.10 Å². The number of carboxylic acids is 1. The predicted molar refractivity (Wildman–Crippen MR) is 141 cm³/mol. The van der Waals surface area contributed by atoms with Gasteiger partial charge in [-0.25, -0.2) is 0 Å². The average molecular weight is 505 g/mol. The van der Waals surface area contributed by atoms with E-state index >= 15 is 0 Å². The molecule has 1 saturated heterocycles. The number of carboxylic acid groups (broad SMARTS) is 1. The first-order valence-corrected chi connectivity index (χ1v) is 15.3. The first-order valence-electron chi connectivity index (χ1n) is 15.3. The van der Waals surface area contributed by atoms with E-state index in [2.05, 4.69) is 27.7 Å². The summed E-state index contributed by atoms with van der Waals surface area (Å²) in [4.78, 5) is 25.6. The van der Waals surface area contributed by atoms with Gasteiger partial charge in [-0.05, 0) is 112 Å². The van der Waals surface area contributed by atoms with Crippen molar-refractivity contribution in [2.45, 2.75) is 130 Å². The van der Waals surface area contributed by atoms with E-state index in [-0.39, 0.29) is 36.1 Å². The normalized spacial score (nSPS) is 42.8. The zero-order valence-corrected chi connectivity index (χ0v) is 23.4. The van der Waals surface area contributed by atoms with Gasteiger partial charge in [-0.1, -0.05) is 34.1 Å². The number of aliphatic carboxylic acids is 1. The Labute approximate surface area is 219 Å². The number of carbonyl (C=O) groups excluding carboxylic acids is 1. The zero-order chi connectivity index (χ0) is 25.9. The first kappa shape index (κ1) is 28.1. The lowest BCUT2D eigenvalue weighted by molar-refractivity contribution is -0.194. The van der Waals surface area contributed by atoms with Crippen molar-refractivity contribution < 1.29 is 24.2 Å². The number of fused-ring (bicyclic) bond motifs is 3. The van der Waals surface area contributed by atoms with E-state index in [1.807, 2.05) is 0 Å². The molecule has 0 spiro atoms. The van der Waals surface area contributed by atoms with E-state index < -0.39 is 5.97 Å². The number of hydrogen-bond acceptors (Lipinski definition) is 4. The summed E-state index contributed by atoms with van der Waals surface area (Å²) in [6.07, 6.45) is 14.3. The van der Waals surface area contributed by atoms with Gasteiger partial charge in [-0.3, -0.25) is 9.59 Å². The maximum atomic E-state index is 14.4. The van der Waals surface area contributed by atoms with E-state index in [1.54, 1.807) is 0 Å². The Morgan fingerprint density at radius 1 is 1.14 bits per heavy atom. The largest absolute Gasteiger partial charge is 0.481 e. The molecule has 5 nitrogen and oxygen atoms in total. The lowest BCUT2D eigenvalue weighted by atomic mass is 9.53. The number of carbonyl (C=O) groups is 2. The lowest BCUT2D eigenvalue weighted by Gasteiger charge is -2.51. The Morgan fingerprint density at radius 3 is 2.64 bits per heavy atom. The summed E-state index contributed by atoms with van der Waals surface area (Å²) >= 11 is 0. The molecule has 3 saturated carbocycles. The predicted octanol–water partition coefficient (Wildman–Crippen LogP) is 7.26. The zero-order valence-electron chi connectivity index (χ0n) is 23.4. The molecule has 206 valence electrons. The molecule has 36 heavy (non-hydrogen) atoms. The van der Waals surface area contributed by atoms with Gasteiger partial charge in [0, 0.05) is 24.9 Å². The van der Waals surface area contributed by atoms with Gasteiger partial charge >= 0.3 is 5.97 Å². The van der Waals surface area contributed by atoms with E-state index in [1.165, 1.54) is 12.8 Å². The van der Waals surface area contributed by atoms with Crippen molar-refractivity contribution in [1.29, 1.82) is 0 Å². The maximum absolute atomic E-state index is 14.4. The number of ketones is 1. The van der Waals surface area contributed by atoms with E-state index in [4.69, 9.17) is 9.47 Å². The fourth-order valence-corrected chi connectivity index (χ4v) is 9.09. The van der Waals surface area contributed by atoms with Crippen LogP contribution in [0.4, 0.5) is 0 Å². The van der Waals surface area contributed by atoms with Crippen molar-refractivity contribution in [3.05, 3.63) is 0 Å². The molecule has 0 radical (unpaired) electrons. The molecule has 4 aliphatic rings. The molecule has 0 bridgehead atoms. The van der Waals surface area contributed by atoms with E-state index in [0.717, 1.165) is 77.2 Å². The summed E-state index contributed by atoms with van der Waals surface area (Å²) in [5, 5.41) is 9.23. The van der Waals surface area contributed by atoms with Crippen LogP contribution in [-0.4, -0.2) is 35.9 Å². The molecule has 0 aromatic heterocycles. The minimum absolute atomic E-state index is 0.0589. The van der Waals surface area contributed by atoms with Crippen LogP contribution in [0.2, 0.25) is 0 Å². The van der Waals surface area contributed by atoms with Crippen LogP contribution in [0.1, 0.15) is 118 Å². The van der Waals surface area contributed by atoms with Crippen molar-refractivity contribution >= 4 is 11.8 Å². The molecule has 0 amide bonds. The van der Waals surface area contributed by atoms with Gasteiger partial charge in [0.1, 0.15) is 5.78 Å². The third-order valence-corrected chi connectivity index (χ3v) is 11.0. The van der Waals surface area contributed by atoms with Crippen LogP contribution in [0, 0.1) is 46.8 Å². The molecular formula is C31H52O5. The number of rotatable bonds is 7. The first-order chi connectivity index (χ1) is 17.2. The molecule has 5 heteroatoms. The minimum atomic E-state index is -0.690. The van der Waals surface area contributed by atoms with Crippen LogP contribution in [0.3, 0.4) is 0 Å².